The van der Waals surface area contributed by atoms with Crippen LogP contribution in [-0.4, -0.2) is 38.5 Å². The van der Waals surface area contributed by atoms with E-state index in [2.05, 4.69) is 25.1 Å². The van der Waals surface area contributed by atoms with Crippen LogP contribution < -0.4 is 9.47 Å². The average molecular weight is 474 g/mol. The van der Waals surface area contributed by atoms with Crippen molar-refractivity contribution in [1.29, 1.82) is 0 Å². The molecule has 0 aliphatic carbocycles. The highest BCUT2D eigenvalue weighted by Gasteiger charge is 2.16. The molecule has 4 aromatic rings. The number of aromatic nitrogens is 5. The van der Waals surface area contributed by atoms with Crippen molar-refractivity contribution in [3.8, 4) is 22.9 Å². The third-order valence-corrected chi connectivity index (χ3v) is 5.24. The zero-order valence-electron chi connectivity index (χ0n) is 15.1. The lowest BCUT2D eigenvalue weighted by molar-refractivity contribution is -0.0512. The number of rotatable bonds is 7. The second kappa shape index (κ2) is 8.62. The Kier molecular flexibility index (Phi) is 5.93. The Balaban J connectivity index is 1.51. The van der Waals surface area contributed by atoms with Gasteiger partial charge in [-0.05, 0) is 24.3 Å². The number of halogens is 4. The van der Waals surface area contributed by atoms with Crippen molar-refractivity contribution in [2.24, 2.45) is 0 Å². The van der Waals surface area contributed by atoms with Crippen molar-refractivity contribution in [2.75, 3.05) is 7.11 Å². The van der Waals surface area contributed by atoms with Crippen molar-refractivity contribution in [2.45, 2.75) is 17.5 Å². The molecule has 30 heavy (non-hydrogen) atoms. The Bertz CT molecular complexity index is 1200. The largest absolute Gasteiger partial charge is 0.493 e. The van der Waals surface area contributed by atoms with E-state index in [1.165, 1.54) is 37.1 Å². The zero-order chi connectivity index (χ0) is 21.3. The predicted molar refractivity (Wildman–Crippen MR) is 105 cm³/mol. The quantitative estimate of drug-likeness (QED) is 0.347. The van der Waals surface area contributed by atoms with Crippen LogP contribution in [0.4, 0.5) is 8.78 Å². The summed E-state index contributed by atoms with van der Waals surface area (Å²) in [5.41, 5.74) is 0.993. The Hall–Kier alpha value is -2.63. The number of thioether (sulfide) groups is 1. The Labute approximate surface area is 182 Å². The number of nitrogens with zero attached hydrogens (tertiary/aromatic N) is 5. The lowest BCUT2D eigenvalue weighted by Gasteiger charge is -2.10. The van der Waals surface area contributed by atoms with E-state index in [-0.39, 0.29) is 17.3 Å². The molecule has 3 heterocycles. The summed E-state index contributed by atoms with van der Waals surface area (Å²) < 4.78 is 41.3. The molecule has 3 aromatic heterocycles. The molecular weight excluding hydrogens is 463 g/mol. The third-order valence-electron chi connectivity index (χ3n) is 3.83. The number of benzene rings is 1. The number of fused-ring (bicyclic) bond motifs is 1. The zero-order valence-corrected chi connectivity index (χ0v) is 17.4. The van der Waals surface area contributed by atoms with Crippen molar-refractivity contribution < 1.29 is 22.8 Å². The van der Waals surface area contributed by atoms with Gasteiger partial charge in [-0.2, -0.15) is 13.8 Å². The molecule has 0 fully saturated rings. The van der Waals surface area contributed by atoms with Gasteiger partial charge in [0.2, 0.25) is 11.7 Å². The minimum absolute atomic E-state index is 0.0912. The fourth-order valence-corrected chi connectivity index (χ4v) is 3.81. The van der Waals surface area contributed by atoms with Crippen molar-refractivity contribution in [3.05, 3.63) is 46.4 Å². The minimum Gasteiger partial charge on any atom is -0.493 e. The monoisotopic (exact) mass is 473 g/mol. The Morgan fingerprint density at radius 3 is 2.80 bits per heavy atom. The Morgan fingerprint density at radius 2 is 2.03 bits per heavy atom. The highest BCUT2D eigenvalue weighted by atomic mass is 35.5. The summed E-state index contributed by atoms with van der Waals surface area (Å²) in [6, 6.07) is 5.94. The summed E-state index contributed by atoms with van der Waals surface area (Å²) in [7, 11) is 1.34. The van der Waals surface area contributed by atoms with Gasteiger partial charge >= 0.3 is 6.61 Å². The number of hydrogen-bond donors (Lipinski definition) is 0. The standard InChI is InChI=1S/C17H11Cl2F2N5O3S/c1-27-12-4-8(2-3-11(12)28-16(20)21)14-22-13(29-25-14)7-30-17-24-23-15-10(19)5-9(18)6-26(15)17/h2-6,16H,7H2,1H3. The summed E-state index contributed by atoms with van der Waals surface area (Å²) in [6.07, 6.45) is 1.65. The van der Waals surface area contributed by atoms with E-state index in [0.29, 0.717) is 38.1 Å². The highest BCUT2D eigenvalue weighted by molar-refractivity contribution is 7.98. The van der Waals surface area contributed by atoms with E-state index in [1.807, 2.05) is 0 Å². The number of alkyl halides is 2. The summed E-state index contributed by atoms with van der Waals surface area (Å²) >= 11 is 13.4. The van der Waals surface area contributed by atoms with Gasteiger partial charge in [-0.1, -0.05) is 40.1 Å². The van der Waals surface area contributed by atoms with Gasteiger partial charge in [0.25, 0.3) is 0 Å². The number of ether oxygens (including phenoxy) is 2. The minimum atomic E-state index is -2.96. The average Bonchev–Trinajstić information content (AvgIpc) is 3.33. The topological polar surface area (TPSA) is 87.6 Å². The van der Waals surface area contributed by atoms with Crippen LogP contribution in [0.5, 0.6) is 11.5 Å². The van der Waals surface area contributed by atoms with E-state index in [0.717, 1.165) is 0 Å². The molecule has 0 aliphatic heterocycles. The lowest BCUT2D eigenvalue weighted by atomic mass is 10.2. The Morgan fingerprint density at radius 1 is 1.20 bits per heavy atom. The maximum absolute atomic E-state index is 12.5. The van der Waals surface area contributed by atoms with Crippen LogP contribution in [0, 0.1) is 0 Å². The van der Waals surface area contributed by atoms with Crippen LogP contribution in [-0.2, 0) is 5.75 Å². The maximum atomic E-state index is 12.5. The van der Waals surface area contributed by atoms with Crippen LogP contribution >= 0.6 is 35.0 Å². The molecule has 0 atom stereocenters. The van der Waals surface area contributed by atoms with Gasteiger partial charge in [0.15, 0.2) is 22.3 Å². The lowest BCUT2D eigenvalue weighted by Crippen LogP contribution is -2.03. The highest BCUT2D eigenvalue weighted by Crippen LogP contribution is 2.33. The molecule has 0 spiro atoms. The van der Waals surface area contributed by atoms with E-state index < -0.39 is 6.61 Å². The number of hydrogen-bond acceptors (Lipinski definition) is 8. The predicted octanol–water partition coefficient (Wildman–Crippen LogP) is 4.99. The van der Waals surface area contributed by atoms with Gasteiger partial charge < -0.3 is 14.0 Å². The molecule has 8 nitrogen and oxygen atoms in total. The van der Waals surface area contributed by atoms with Crippen LogP contribution in [0.3, 0.4) is 0 Å². The molecule has 1 aromatic carbocycles. The molecule has 0 radical (unpaired) electrons. The summed E-state index contributed by atoms with van der Waals surface area (Å²) in [5.74, 6) is 0.932. The van der Waals surface area contributed by atoms with E-state index >= 15 is 0 Å². The van der Waals surface area contributed by atoms with Gasteiger partial charge in [-0.15, -0.1) is 10.2 Å². The molecule has 0 unspecified atom stereocenters. The summed E-state index contributed by atoms with van der Waals surface area (Å²) in [6.45, 7) is -2.96. The molecular formula is C17H11Cl2F2N5O3S. The van der Waals surface area contributed by atoms with Crippen LogP contribution in [0.2, 0.25) is 10.0 Å². The summed E-state index contributed by atoms with van der Waals surface area (Å²) in [5, 5.41) is 13.4. The van der Waals surface area contributed by atoms with Crippen LogP contribution in [0.1, 0.15) is 5.89 Å². The van der Waals surface area contributed by atoms with Gasteiger partial charge in [0.05, 0.1) is 22.9 Å². The molecule has 0 bridgehead atoms. The fourth-order valence-electron chi connectivity index (χ4n) is 2.56. The molecule has 13 heteroatoms. The number of pyridine rings is 1. The van der Waals surface area contributed by atoms with Crippen molar-refractivity contribution >= 4 is 40.6 Å². The molecule has 0 N–H and O–H groups in total. The van der Waals surface area contributed by atoms with E-state index in [4.69, 9.17) is 32.5 Å². The molecule has 0 aliphatic rings. The second-order valence-corrected chi connectivity index (χ2v) is 7.51. The number of methoxy groups -OCH3 is 1. The maximum Gasteiger partial charge on any atom is 0.387 e. The SMILES string of the molecule is COc1cc(-c2noc(CSc3nnc4c(Cl)cc(Cl)cn34)n2)ccc1OC(F)F. The summed E-state index contributed by atoms with van der Waals surface area (Å²) in [4.78, 5) is 4.31. The molecule has 156 valence electrons. The van der Waals surface area contributed by atoms with E-state index in [9.17, 15) is 8.78 Å². The van der Waals surface area contributed by atoms with Crippen LogP contribution in [0.15, 0.2) is 40.1 Å². The van der Waals surface area contributed by atoms with Crippen LogP contribution in [0.25, 0.3) is 17.0 Å². The molecule has 0 amide bonds. The van der Waals surface area contributed by atoms with Crippen molar-refractivity contribution in [1.82, 2.24) is 24.7 Å². The first-order chi connectivity index (χ1) is 14.4. The van der Waals surface area contributed by atoms with Gasteiger partial charge in [-0.3, -0.25) is 4.40 Å². The first-order valence-corrected chi connectivity index (χ1v) is 9.97. The smallest absolute Gasteiger partial charge is 0.387 e. The molecule has 0 saturated heterocycles. The fraction of sp³-hybridized carbons (Fsp3) is 0.176. The van der Waals surface area contributed by atoms with Gasteiger partial charge in [-0.25, -0.2) is 0 Å². The van der Waals surface area contributed by atoms with Gasteiger partial charge in [0, 0.05) is 11.8 Å². The second-order valence-electron chi connectivity index (χ2n) is 5.73. The third kappa shape index (κ3) is 4.27. The molecule has 0 saturated carbocycles. The normalized spacial score (nSPS) is 11.4. The van der Waals surface area contributed by atoms with Crippen molar-refractivity contribution in [3.63, 3.8) is 0 Å². The molecule has 4 rings (SSSR count). The van der Waals surface area contributed by atoms with E-state index in [1.54, 1.807) is 16.7 Å². The first kappa shape index (κ1) is 20.6. The first-order valence-electron chi connectivity index (χ1n) is 8.23. The van der Waals surface area contributed by atoms with Gasteiger partial charge in [0.1, 0.15) is 0 Å².